The zero-order valence-corrected chi connectivity index (χ0v) is 48.2. The molecular weight excluding hydrogens is 1260 g/mol. The Bertz CT molecular complexity index is 2400. The zero-order valence-electron chi connectivity index (χ0n) is 48.2. The van der Waals surface area contributed by atoms with Crippen molar-refractivity contribution in [2.24, 2.45) is 0 Å². The van der Waals surface area contributed by atoms with Crippen molar-refractivity contribution in [3.63, 3.8) is 0 Å². The molecule has 16 bridgehead atoms. The van der Waals surface area contributed by atoms with Crippen LogP contribution in [0, 0.1) is 0 Å². The summed E-state index contributed by atoms with van der Waals surface area (Å²) < 4.78 is 94.0. The molecule has 23 N–H and O–H groups in total. The first-order valence-corrected chi connectivity index (χ1v) is 29.5. The second-order valence-corrected chi connectivity index (χ2v) is 23.5. The Hall–Kier alpha value is -2.35. The lowest BCUT2D eigenvalue weighted by atomic mass is 9.94. The molecule has 31 heterocycles. The van der Waals surface area contributed by atoms with Crippen LogP contribution in [0.15, 0.2) is 18.7 Å². The number of aromatic nitrogens is 2. The largest absolute Gasteiger partial charge is 0.394 e. The van der Waals surface area contributed by atoms with Gasteiger partial charge >= 0.3 is 0 Å². The Kier molecular flexibility index (Phi) is 24.3. The molecule has 0 unspecified atom stereocenters. The lowest BCUT2D eigenvalue weighted by molar-refractivity contribution is -0.403. The van der Waals surface area contributed by atoms with Crippen LogP contribution in [-0.4, -0.2) is 419 Å². The Balaban J connectivity index is 0.923. The minimum atomic E-state index is -2.25. The first-order valence-electron chi connectivity index (χ1n) is 29.5. The van der Waals surface area contributed by atoms with Crippen molar-refractivity contribution in [3.05, 3.63) is 18.7 Å². The average molecular weight is 1350 g/mol. The number of hydrogen-bond acceptors (Lipinski definition) is 40. The smallest absolute Gasteiger partial charge is 0.187 e. The Morgan fingerprint density at radius 1 is 0.228 bits per heavy atom. The fourth-order valence-electron chi connectivity index (χ4n) is 12.5. The van der Waals surface area contributed by atoms with Crippen LogP contribution < -0.4 is 0 Å². The molecule has 0 radical (unpaired) electrons. The van der Waals surface area contributed by atoms with Crippen molar-refractivity contribution in [2.45, 2.75) is 252 Å². The van der Waals surface area contributed by atoms with Gasteiger partial charge < -0.3 is 198 Å². The molecule has 0 amide bonds. The number of hydrogen-bond donors (Lipinski definition) is 23. The van der Waals surface area contributed by atoms with Gasteiger partial charge in [0.15, 0.2) is 50.3 Å². The van der Waals surface area contributed by atoms with Crippen molar-refractivity contribution in [2.75, 3.05) is 46.2 Å². The van der Waals surface area contributed by atoms with Crippen molar-refractivity contribution >= 4 is 0 Å². The summed E-state index contributed by atoms with van der Waals surface area (Å²) >= 11 is 0. The van der Waals surface area contributed by atoms with Crippen molar-refractivity contribution in [1.82, 2.24) is 9.55 Å². The molecule has 0 spiro atoms. The third-order valence-electron chi connectivity index (χ3n) is 17.7. The first kappa shape index (κ1) is 72.4. The van der Waals surface area contributed by atoms with Gasteiger partial charge in [-0.25, -0.2) is 4.98 Å². The summed E-state index contributed by atoms with van der Waals surface area (Å²) in [6, 6.07) is 0. The number of imidazole rings is 1. The molecule has 41 nitrogen and oxygen atoms in total. The quantitative estimate of drug-likeness (QED) is 0.109. The van der Waals surface area contributed by atoms with E-state index in [2.05, 4.69) is 4.98 Å². The molecule has 30 aliphatic rings. The van der Waals surface area contributed by atoms with Crippen LogP contribution in [-0.2, 0) is 82.3 Å². The molecule has 30 aliphatic heterocycles. The van der Waals surface area contributed by atoms with E-state index in [0.29, 0.717) is 0 Å². The van der Waals surface area contributed by atoms with Crippen LogP contribution in [0.4, 0.5) is 0 Å². The highest BCUT2D eigenvalue weighted by molar-refractivity contribution is 5.03. The van der Waals surface area contributed by atoms with E-state index >= 15 is 0 Å². The maximum atomic E-state index is 11.8. The van der Waals surface area contributed by atoms with Gasteiger partial charge in [-0.2, -0.15) is 0 Å². The number of aliphatic hydroxyl groups is 23. The molecule has 92 heavy (non-hydrogen) atoms. The van der Waals surface area contributed by atoms with Gasteiger partial charge in [-0.05, 0) is 0 Å². The minimum absolute atomic E-state index is 0.316. The van der Waals surface area contributed by atoms with Crippen molar-refractivity contribution in [3.8, 4) is 0 Å². The van der Waals surface area contributed by atoms with Crippen LogP contribution in [0.2, 0.25) is 0 Å². The molecule has 1 aromatic heterocycles. The second kappa shape index (κ2) is 30.8. The number of ether oxygens (including phenoxy) is 16. The SMILES string of the molecule is OC[C@H]1O[C@@H]2O[C@H]3[C@H](O)[C@@H](O)[C@@H](O[C@H]4[C@H](O)[C@@H](O)[C@@H](O[C@H]5[C@H](O)[C@@H](O)[C@@H](O[C@H]6[C@H](O)[C@@H](O)[C@@H](O[C@H]7[C@H](O)[C@@H](O)[C@@H](O[C@H]8[C@H](O)[C@@H](O)[C@@H](O[C@H]9[C@H](O)[C@@H](O)[C@@H](O[C@H]1[C@H](O)[C@H]2O)O[C@@H]9CO)O[C@@H]8CO)O[C@@H]7CO)O[C@@H]6Cn1ccnc1)O[C@@H]5CO)O[C@@H]4CO)O[C@@H]3CO. The lowest BCUT2D eigenvalue weighted by Crippen LogP contribution is -2.69. The molecule has 41 heteroatoms. The Labute approximate surface area is 519 Å². The van der Waals surface area contributed by atoms with E-state index in [4.69, 9.17) is 75.8 Å². The number of rotatable bonds is 9. The van der Waals surface area contributed by atoms with Crippen molar-refractivity contribution < 1.29 is 193 Å². The van der Waals surface area contributed by atoms with Crippen LogP contribution in [0.25, 0.3) is 0 Å². The fourth-order valence-corrected chi connectivity index (χ4v) is 12.5. The molecule has 30 saturated heterocycles. The Morgan fingerprint density at radius 2 is 0.391 bits per heavy atom. The molecule has 0 aromatic carbocycles. The topological polar surface area (TPSA) is 631 Å². The summed E-state index contributed by atoms with van der Waals surface area (Å²) in [6.45, 7) is -7.80. The highest BCUT2D eigenvalue weighted by Gasteiger charge is 2.60. The van der Waals surface area contributed by atoms with Crippen LogP contribution in [0.3, 0.4) is 0 Å². The third kappa shape index (κ3) is 14.3. The van der Waals surface area contributed by atoms with Gasteiger partial charge in [0.2, 0.25) is 0 Å². The Morgan fingerprint density at radius 3 is 0.543 bits per heavy atom. The van der Waals surface area contributed by atoms with E-state index < -0.39 is 292 Å². The van der Waals surface area contributed by atoms with Gasteiger partial charge in [0, 0.05) is 12.4 Å². The van der Waals surface area contributed by atoms with E-state index in [1.54, 1.807) is 0 Å². The third-order valence-corrected chi connectivity index (χ3v) is 17.7. The molecule has 1 aromatic rings. The lowest BCUT2D eigenvalue weighted by Gasteiger charge is -2.50. The van der Waals surface area contributed by atoms with Gasteiger partial charge in [-0.3, -0.25) is 0 Å². The van der Waals surface area contributed by atoms with E-state index in [1.165, 1.54) is 23.3 Å². The minimum Gasteiger partial charge on any atom is -0.394 e. The fraction of sp³-hybridized carbons (Fsp3) is 0.941. The highest BCUT2D eigenvalue weighted by Crippen LogP contribution is 2.40. The molecule has 0 saturated carbocycles. The zero-order chi connectivity index (χ0) is 66.5. The van der Waals surface area contributed by atoms with Crippen LogP contribution in [0.1, 0.15) is 0 Å². The summed E-state index contributed by atoms with van der Waals surface area (Å²) in [7, 11) is 0. The summed E-state index contributed by atoms with van der Waals surface area (Å²) in [4.78, 5) is 3.96. The number of nitrogens with zero attached hydrogens (tertiary/aromatic N) is 2. The second-order valence-electron chi connectivity index (χ2n) is 23.5. The standard InChI is InChI=1S/C51H82N2O39/c54-4-13-37-22(63)30(71)46(79-13)88-39-15(6-56)81-48(32(73)24(39)65)90-41-17(8-58)83-50(34(75)26(41)67)92-43-19(10-60)84-51(35(76)27(43)68)91-42-18(9-59)82-49(33(74)25(42)66)89-40-16(7-57)80-47(31(72)23(40)64)87-38-14(5-55)78-45(29(70)21(38)62)85-36-12(3-53-2-1-52-11-53)77-44(86-37)28(69)20(36)61/h1-2,11-51,54-76H,3-10H2/t12-,13-,14-,15-,16-,17-,18-,19-,20-,21-,22-,23-,24-,25-,26-,27-,28-,29-,30-,31-,32-,33-,34-,35-,36-,37-,38-,39-,40-,41-,42-,43-,44-,45-,46-,47-,48-,49-,50-,51-/m1/s1. The van der Waals surface area contributed by atoms with Crippen LogP contribution in [0.5, 0.6) is 0 Å². The molecule has 30 fully saturated rings. The van der Waals surface area contributed by atoms with Gasteiger partial charge in [0.05, 0.1) is 59.1 Å². The van der Waals surface area contributed by atoms with Crippen molar-refractivity contribution in [1.29, 1.82) is 0 Å². The molecule has 40 atom stereocenters. The normalized spacial score (nSPS) is 53.5. The van der Waals surface area contributed by atoms with Gasteiger partial charge in [0.25, 0.3) is 0 Å². The van der Waals surface area contributed by atoms with Gasteiger partial charge in [0.1, 0.15) is 195 Å². The summed E-state index contributed by atoms with van der Waals surface area (Å²) in [6.07, 6.45) is -76.9. The molecule has 31 rings (SSSR count). The van der Waals surface area contributed by atoms with E-state index in [0.717, 1.165) is 0 Å². The van der Waals surface area contributed by atoms with Gasteiger partial charge in [-0.15, -0.1) is 0 Å². The van der Waals surface area contributed by atoms with E-state index in [-0.39, 0.29) is 6.54 Å². The molecule has 530 valence electrons. The monoisotopic (exact) mass is 1350 g/mol. The predicted molar refractivity (Wildman–Crippen MR) is 276 cm³/mol. The van der Waals surface area contributed by atoms with Crippen LogP contribution >= 0.6 is 0 Å². The average Bonchev–Trinajstić information content (AvgIpc) is 0.812. The first-order chi connectivity index (χ1) is 43.9. The van der Waals surface area contributed by atoms with Gasteiger partial charge in [-0.1, -0.05) is 0 Å². The van der Waals surface area contributed by atoms with E-state index in [1.807, 2.05) is 0 Å². The molecule has 0 aliphatic carbocycles. The molecular formula is C51H82N2O39. The summed E-state index contributed by atoms with van der Waals surface area (Å²) in [5, 5.41) is 257. The summed E-state index contributed by atoms with van der Waals surface area (Å²) in [5.74, 6) is 0. The number of aliphatic hydroxyl groups excluding tert-OH is 23. The maximum absolute atomic E-state index is 11.8. The van der Waals surface area contributed by atoms with E-state index in [9.17, 15) is 117 Å². The predicted octanol–water partition coefficient (Wildman–Crippen LogP) is -16.5. The summed E-state index contributed by atoms with van der Waals surface area (Å²) in [5.41, 5.74) is 0. The maximum Gasteiger partial charge on any atom is 0.187 e. The highest BCUT2D eigenvalue weighted by atomic mass is 16.8.